The van der Waals surface area contributed by atoms with Crippen molar-refractivity contribution in [3.63, 3.8) is 0 Å². The van der Waals surface area contributed by atoms with E-state index < -0.39 is 5.97 Å². The van der Waals surface area contributed by atoms with Crippen molar-refractivity contribution in [3.8, 4) is 23.0 Å². The standard InChI is InChI=1S/C24H17ClO6/c1-14-23(31-20-9-4-3-8-19(20)28-2)22(26)18-11-10-17(13-21(18)29-14)30-24(27)15-6-5-7-16(25)12-15/h3-13H,1-2H3. The number of carbonyl (C=O) groups is 1. The summed E-state index contributed by atoms with van der Waals surface area (Å²) in [4.78, 5) is 25.3. The average molecular weight is 437 g/mol. The Hall–Kier alpha value is -3.77. The quantitative estimate of drug-likeness (QED) is 0.292. The molecule has 6 nitrogen and oxygen atoms in total. The van der Waals surface area contributed by atoms with Gasteiger partial charge in [0.1, 0.15) is 17.1 Å². The molecule has 0 saturated carbocycles. The van der Waals surface area contributed by atoms with Crippen LogP contribution in [0.2, 0.25) is 5.02 Å². The van der Waals surface area contributed by atoms with Gasteiger partial charge in [-0.3, -0.25) is 4.79 Å². The third-order valence-electron chi connectivity index (χ3n) is 4.54. The van der Waals surface area contributed by atoms with Crippen LogP contribution in [0.4, 0.5) is 0 Å². The van der Waals surface area contributed by atoms with E-state index in [0.29, 0.717) is 22.1 Å². The summed E-state index contributed by atoms with van der Waals surface area (Å²) in [5.74, 6) is 0.884. The van der Waals surface area contributed by atoms with Gasteiger partial charge in [0, 0.05) is 11.1 Å². The number of halogens is 1. The maximum absolute atomic E-state index is 13.0. The highest BCUT2D eigenvalue weighted by atomic mass is 35.5. The second-order valence-corrected chi connectivity index (χ2v) is 7.06. The van der Waals surface area contributed by atoms with Gasteiger partial charge in [0.25, 0.3) is 0 Å². The van der Waals surface area contributed by atoms with Gasteiger partial charge in [-0.05, 0) is 49.4 Å². The number of carbonyl (C=O) groups excluding carboxylic acids is 1. The van der Waals surface area contributed by atoms with Gasteiger partial charge >= 0.3 is 5.97 Å². The Labute approximate surface area is 182 Å². The van der Waals surface area contributed by atoms with Crippen LogP contribution in [0.15, 0.2) is 75.9 Å². The third kappa shape index (κ3) is 4.25. The van der Waals surface area contributed by atoms with E-state index in [1.54, 1.807) is 49.4 Å². The van der Waals surface area contributed by atoms with Gasteiger partial charge in [0.2, 0.25) is 11.2 Å². The van der Waals surface area contributed by atoms with E-state index in [1.807, 2.05) is 0 Å². The molecule has 0 radical (unpaired) electrons. The Morgan fingerprint density at radius 1 is 0.968 bits per heavy atom. The topological polar surface area (TPSA) is 75.0 Å². The molecule has 7 heteroatoms. The Balaban J connectivity index is 1.66. The normalized spacial score (nSPS) is 10.7. The van der Waals surface area contributed by atoms with Crippen LogP contribution >= 0.6 is 11.6 Å². The van der Waals surface area contributed by atoms with Crippen molar-refractivity contribution in [1.82, 2.24) is 0 Å². The van der Waals surface area contributed by atoms with Gasteiger partial charge in [0.15, 0.2) is 11.5 Å². The molecule has 1 heterocycles. The van der Waals surface area contributed by atoms with Crippen LogP contribution in [0.5, 0.6) is 23.0 Å². The fraction of sp³-hybridized carbons (Fsp3) is 0.0833. The first-order chi connectivity index (χ1) is 15.0. The lowest BCUT2D eigenvalue weighted by atomic mass is 10.2. The van der Waals surface area contributed by atoms with Crippen molar-refractivity contribution in [2.45, 2.75) is 6.92 Å². The molecule has 0 bridgehead atoms. The first kappa shape index (κ1) is 20.5. The first-order valence-electron chi connectivity index (χ1n) is 9.32. The molecule has 4 rings (SSSR count). The summed E-state index contributed by atoms with van der Waals surface area (Å²) in [6.45, 7) is 1.62. The zero-order valence-electron chi connectivity index (χ0n) is 16.7. The number of hydrogen-bond donors (Lipinski definition) is 0. The second-order valence-electron chi connectivity index (χ2n) is 6.63. The molecule has 0 fully saturated rings. The largest absolute Gasteiger partial charge is 0.493 e. The summed E-state index contributed by atoms with van der Waals surface area (Å²) in [5.41, 5.74) is 0.231. The Morgan fingerprint density at radius 3 is 2.48 bits per heavy atom. The van der Waals surface area contributed by atoms with Crippen LogP contribution in [0.1, 0.15) is 16.1 Å². The minimum absolute atomic E-state index is 0.0562. The summed E-state index contributed by atoms with van der Waals surface area (Å²) >= 11 is 5.92. The number of esters is 1. The molecular formula is C24H17ClO6. The summed E-state index contributed by atoms with van der Waals surface area (Å²) in [6.07, 6.45) is 0. The van der Waals surface area contributed by atoms with Gasteiger partial charge in [-0.2, -0.15) is 0 Å². The number of para-hydroxylation sites is 2. The number of methoxy groups -OCH3 is 1. The molecule has 0 aliphatic rings. The maximum Gasteiger partial charge on any atom is 0.343 e. The van der Waals surface area contributed by atoms with E-state index in [2.05, 4.69) is 0 Å². The smallest absolute Gasteiger partial charge is 0.343 e. The molecule has 3 aromatic carbocycles. The van der Waals surface area contributed by atoms with E-state index in [-0.39, 0.29) is 33.7 Å². The van der Waals surface area contributed by atoms with E-state index in [9.17, 15) is 9.59 Å². The Bertz CT molecular complexity index is 1340. The monoisotopic (exact) mass is 436 g/mol. The molecule has 156 valence electrons. The lowest BCUT2D eigenvalue weighted by molar-refractivity contribution is 0.0735. The Kier molecular flexibility index (Phi) is 5.64. The first-order valence-corrected chi connectivity index (χ1v) is 9.70. The summed E-state index contributed by atoms with van der Waals surface area (Å²) in [5, 5.41) is 0.718. The highest BCUT2D eigenvalue weighted by Gasteiger charge is 2.17. The predicted octanol–water partition coefficient (Wildman–Crippen LogP) is 5.77. The van der Waals surface area contributed by atoms with Crippen molar-refractivity contribution in [1.29, 1.82) is 0 Å². The zero-order chi connectivity index (χ0) is 22.0. The van der Waals surface area contributed by atoms with Crippen molar-refractivity contribution < 1.29 is 23.4 Å². The summed E-state index contributed by atoms with van der Waals surface area (Å²) < 4.78 is 22.3. The average Bonchev–Trinajstić information content (AvgIpc) is 2.76. The minimum atomic E-state index is -0.572. The van der Waals surface area contributed by atoms with E-state index in [4.69, 9.17) is 30.2 Å². The SMILES string of the molecule is COc1ccccc1Oc1c(C)oc2cc(OC(=O)c3cccc(Cl)c3)ccc2c1=O. The molecule has 0 saturated heterocycles. The van der Waals surface area contributed by atoms with Gasteiger partial charge in [-0.1, -0.05) is 29.8 Å². The zero-order valence-corrected chi connectivity index (χ0v) is 17.4. The van der Waals surface area contributed by atoms with Crippen molar-refractivity contribution in [3.05, 3.63) is 93.3 Å². The summed E-state index contributed by atoms with van der Waals surface area (Å²) in [7, 11) is 1.52. The number of aryl methyl sites for hydroxylation is 1. The van der Waals surface area contributed by atoms with E-state index >= 15 is 0 Å². The second kappa shape index (κ2) is 8.53. The molecule has 0 atom stereocenters. The maximum atomic E-state index is 13.0. The van der Waals surface area contributed by atoms with Crippen molar-refractivity contribution in [2.24, 2.45) is 0 Å². The lowest BCUT2D eigenvalue weighted by Gasteiger charge is -2.12. The predicted molar refractivity (Wildman–Crippen MR) is 117 cm³/mol. The van der Waals surface area contributed by atoms with E-state index in [1.165, 1.54) is 31.4 Å². The van der Waals surface area contributed by atoms with Crippen LogP contribution in [0.3, 0.4) is 0 Å². The lowest BCUT2D eigenvalue weighted by Crippen LogP contribution is -2.10. The summed E-state index contributed by atoms with van der Waals surface area (Å²) in [6, 6.07) is 18.0. The number of fused-ring (bicyclic) bond motifs is 1. The molecular weight excluding hydrogens is 420 g/mol. The van der Waals surface area contributed by atoms with Gasteiger partial charge in [0.05, 0.1) is 18.1 Å². The highest BCUT2D eigenvalue weighted by Crippen LogP contribution is 2.32. The molecule has 31 heavy (non-hydrogen) atoms. The van der Waals surface area contributed by atoms with Crippen LogP contribution < -0.4 is 19.6 Å². The fourth-order valence-electron chi connectivity index (χ4n) is 3.04. The molecule has 0 amide bonds. The molecule has 1 aromatic heterocycles. The molecule has 0 aliphatic carbocycles. The number of ether oxygens (including phenoxy) is 3. The van der Waals surface area contributed by atoms with Gasteiger partial charge in [-0.25, -0.2) is 4.79 Å². The van der Waals surface area contributed by atoms with Gasteiger partial charge < -0.3 is 18.6 Å². The number of hydrogen-bond acceptors (Lipinski definition) is 6. The van der Waals surface area contributed by atoms with Crippen molar-refractivity contribution in [2.75, 3.05) is 7.11 Å². The van der Waals surface area contributed by atoms with Crippen LogP contribution in [0, 0.1) is 6.92 Å². The fourth-order valence-corrected chi connectivity index (χ4v) is 3.23. The minimum Gasteiger partial charge on any atom is -0.493 e. The molecule has 4 aromatic rings. The van der Waals surface area contributed by atoms with Crippen molar-refractivity contribution >= 4 is 28.5 Å². The molecule has 0 N–H and O–H groups in total. The van der Waals surface area contributed by atoms with Gasteiger partial charge in [-0.15, -0.1) is 0 Å². The van der Waals surface area contributed by atoms with Crippen LogP contribution in [0.25, 0.3) is 11.0 Å². The van der Waals surface area contributed by atoms with E-state index in [0.717, 1.165) is 0 Å². The number of rotatable bonds is 5. The number of benzene rings is 3. The third-order valence-corrected chi connectivity index (χ3v) is 4.77. The highest BCUT2D eigenvalue weighted by molar-refractivity contribution is 6.30. The molecule has 0 spiro atoms. The Morgan fingerprint density at radius 2 is 1.74 bits per heavy atom. The van der Waals surface area contributed by atoms with Crippen LogP contribution in [-0.2, 0) is 0 Å². The van der Waals surface area contributed by atoms with Crippen LogP contribution in [-0.4, -0.2) is 13.1 Å². The molecule has 0 unspecified atom stereocenters. The molecule has 0 aliphatic heterocycles.